The van der Waals surface area contributed by atoms with Crippen LogP contribution in [0.25, 0.3) is 0 Å². The van der Waals surface area contributed by atoms with E-state index >= 15 is 0 Å². The van der Waals surface area contributed by atoms with Crippen molar-refractivity contribution in [3.05, 3.63) is 35.6 Å². The first-order valence-electron chi connectivity index (χ1n) is 4.73. The Bertz CT molecular complexity index is 310. The van der Waals surface area contributed by atoms with Crippen LogP contribution in [0.15, 0.2) is 24.3 Å². The Balaban J connectivity index is 1.84. The summed E-state index contributed by atoms with van der Waals surface area (Å²) in [5.41, 5.74) is 0.859. The zero-order chi connectivity index (χ0) is 9.97. The van der Waals surface area contributed by atoms with Gasteiger partial charge in [0, 0.05) is 0 Å². The summed E-state index contributed by atoms with van der Waals surface area (Å²) in [7, 11) is 0. The lowest BCUT2D eigenvalue weighted by molar-refractivity contribution is 0.0339. The van der Waals surface area contributed by atoms with E-state index in [1.165, 1.54) is 12.1 Å². The first-order chi connectivity index (χ1) is 6.75. The van der Waals surface area contributed by atoms with Gasteiger partial charge in [-0.15, -0.1) is 0 Å². The maximum absolute atomic E-state index is 12.8. The van der Waals surface area contributed by atoms with Crippen LogP contribution in [0, 0.1) is 5.82 Å². The van der Waals surface area contributed by atoms with E-state index in [0.717, 1.165) is 12.2 Å². The van der Waals surface area contributed by atoms with Crippen molar-refractivity contribution in [1.82, 2.24) is 0 Å². The molecule has 1 saturated heterocycles. The molecule has 0 saturated carbocycles. The molecule has 1 fully saturated rings. The zero-order valence-corrected chi connectivity index (χ0v) is 8.07. The highest BCUT2D eigenvalue weighted by molar-refractivity contribution is 5.15. The van der Waals surface area contributed by atoms with Crippen molar-refractivity contribution in [2.45, 2.75) is 25.7 Å². The van der Waals surface area contributed by atoms with Gasteiger partial charge >= 0.3 is 0 Å². The van der Waals surface area contributed by atoms with Crippen LogP contribution in [0.1, 0.15) is 12.5 Å². The summed E-state index contributed by atoms with van der Waals surface area (Å²) in [4.78, 5) is 0. The van der Waals surface area contributed by atoms with Crippen LogP contribution in [-0.2, 0) is 16.1 Å². The Morgan fingerprint density at radius 3 is 3.07 bits per heavy atom. The molecule has 1 aliphatic rings. The number of epoxide rings is 1. The van der Waals surface area contributed by atoms with E-state index in [0.29, 0.717) is 6.61 Å². The molecule has 3 heteroatoms. The van der Waals surface area contributed by atoms with Crippen LogP contribution >= 0.6 is 0 Å². The topological polar surface area (TPSA) is 21.8 Å². The van der Waals surface area contributed by atoms with Gasteiger partial charge in [-0.25, -0.2) is 4.39 Å². The molecule has 2 nitrogen and oxygen atoms in total. The van der Waals surface area contributed by atoms with Crippen molar-refractivity contribution in [3.8, 4) is 0 Å². The average molecular weight is 196 g/mol. The third-order valence-corrected chi connectivity index (χ3v) is 2.28. The van der Waals surface area contributed by atoms with Crippen LogP contribution < -0.4 is 0 Å². The Morgan fingerprint density at radius 1 is 1.64 bits per heavy atom. The molecule has 0 spiro atoms. The van der Waals surface area contributed by atoms with Gasteiger partial charge in [0.25, 0.3) is 0 Å². The molecule has 0 aromatic heterocycles. The quantitative estimate of drug-likeness (QED) is 0.688. The zero-order valence-electron chi connectivity index (χ0n) is 8.07. The van der Waals surface area contributed by atoms with Crippen molar-refractivity contribution in [1.29, 1.82) is 0 Å². The Labute approximate surface area is 82.6 Å². The maximum atomic E-state index is 12.8. The molecule has 1 aromatic rings. The molecule has 0 N–H and O–H groups in total. The van der Waals surface area contributed by atoms with E-state index < -0.39 is 0 Å². The lowest BCUT2D eigenvalue weighted by Gasteiger charge is -2.09. The van der Waals surface area contributed by atoms with Gasteiger partial charge in [0.2, 0.25) is 0 Å². The minimum absolute atomic E-state index is 0.0956. The fourth-order valence-corrected chi connectivity index (χ4v) is 1.29. The summed E-state index contributed by atoms with van der Waals surface area (Å²) in [6, 6.07) is 6.45. The fourth-order valence-electron chi connectivity index (χ4n) is 1.29. The fraction of sp³-hybridized carbons (Fsp3) is 0.455. The molecule has 1 heterocycles. The van der Waals surface area contributed by atoms with E-state index in [-0.39, 0.29) is 18.0 Å². The van der Waals surface area contributed by atoms with E-state index in [1.807, 2.05) is 13.0 Å². The van der Waals surface area contributed by atoms with Crippen LogP contribution in [0.2, 0.25) is 0 Å². The van der Waals surface area contributed by atoms with Crippen molar-refractivity contribution in [2.75, 3.05) is 6.61 Å². The van der Waals surface area contributed by atoms with Gasteiger partial charge in [-0.3, -0.25) is 0 Å². The van der Waals surface area contributed by atoms with Gasteiger partial charge in [0.15, 0.2) is 0 Å². The third-order valence-electron chi connectivity index (χ3n) is 2.28. The average Bonchev–Trinajstić information content (AvgIpc) is 2.97. The Morgan fingerprint density at radius 2 is 2.43 bits per heavy atom. The summed E-state index contributed by atoms with van der Waals surface area (Å²) >= 11 is 0. The van der Waals surface area contributed by atoms with Crippen molar-refractivity contribution >= 4 is 0 Å². The minimum Gasteiger partial charge on any atom is -0.371 e. The molecule has 0 radical (unpaired) electrons. The Hall–Kier alpha value is -0.930. The monoisotopic (exact) mass is 196 g/mol. The highest BCUT2D eigenvalue weighted by Crippen LogP contribution is 2.17. The second-order valence-electron chi connectivity index (χ2n) is 3.52. The smallest absolute Gasteiger partial charge is 0.123 e. The van der Waals surface area contributed by atoms with Crippen molar-refractivity contribution in [3.63, 3.8) is 0 Å². The molecule has 14 heavy (non-hydrogen) atoms. The maximum Gasteiger partial charge on any atom is 0.123 e. The summed E-state index contributed by atoms with van der Waals surface area (Å²) in [6.45, 7) is 3.19. The van der Waals surface area contributed by atoms with E-state index in [2.05, 4.69) is 0 Å². The molecule has 2 atom stereocenters. The Kier molecular flexibility index (Phi) is 2.79. The normalized spacial score (nSPS) is 22.0. The van der Waals surface area contributed by atoms with E-state index in [9.17, 15) is 4.39 Å². The van der Waals surface area contributed by atoms with Gasteiger partial charge in [0.1, 0.15) is 11.9 Å². The van der Waals surface area contributed by atoms with Crippen molar-refractivity contribution in [2.24, 2.45) is 0 Å². The number of ether oxygens (including phenoxy) is 2. The summed E-state index contributed by atoms with van der Waals surface area (Å²) < 4.78 is 23.4. The number of benzene rings is 1. The molecule has 0 bridgehead atoms. The predicted octanol–water partition coefficient (Wildman–Crippen LogP) is 2.13. The third kappa shape index (κ3) is 2.53. The largest absolute Gasteiger partial charge is 0.371 e. The first-order valence-corrected chi connectivity index (χ1v) is 4.73. The second kappa shape index (κ2) is 4.07. The van der Waals surface area contributed by atoms with Crippen LogP contribution in [0.3, 0.4) is 0 Å². The standard InChI is InChI=1S/C11H13FO2/c1-8(11-7-14-11)13-6-9-3-2-4-10(12)5-9/h2-5,8,11H,6-7H2,1H3/t8-,11-/m0/s1. The summed E-state index contributed by atoms with van der Waals surface area (Å²) in [5.74, 6) is -0.221. The molecule has 1 aliphatic heterocycles. The lowest BCUT2D eigenvalue weighted by atomic mass is 10.2. The van der Waals surface area contributed by atoms with Gasteiger partial charge in [-0.1, -0.05) is 12.1 Å². The van der Waals surface area contributed by atoms with Gasteiger partial charge in [0.05, 0.1) is 19.3 Å². The number of hydrogen-bond donors (Lipinski definition) is 0. The molecule has 76 valence electrons. The highest BCUT2D eigenvalue weighted by atomic mass is 19.1. The first kappa shape index (κ1) is 9.62. The highest BCUT2D eigenvalue weighted by Gasteiger charge is 2.29. The molecule has 0 amide bonds. The molecule has 0 aliphatic carbocycles. The van der Waals surface area contributed by atoms with Crippen LogP contribution in [-0.4, -0.2) is 18.8 Å². The molecular formula is C11H13FO2. The van der Waals surface area contributed by atoms with Gasteiger partial charge in [-0.2, -0.15) is 0 Å². The summed E-state index contributed by atoms with van der Waals surface area (Å²) in [6.07, 6.45) is 0.335. The lowest BCUT2D eigenvalue weighted by Crippen LogP contribution is -2.14. The molecule has 1 aromatic carbocycles. The number of rotatable bonds is 4. The van der Waals surface area contributed by atoms with Crippen LogP contribution in [0.5, 0.6) is 0 Å². The number of hydrogen-bond acceptors (Lipinski definition) is 2. The molecule has 2 rings (SSSR count). The molecular weight excluding hydrogens is 183 g/mol. The van der Waals surface area contributed by atoms with E-state index in [4.69, 9.17) is 9.47 Å². The number of halogens is 1. The van der Waals surface area contributed by atoms with Crippen molar-refractivity contribution < 1.29 is 13.9 Å². The van der Waals surface area contributed by atoms with Gasteiger partial charge in [-0.05, 0) is 24.6 Å². The second-order valence-corrected chi connectivity index (χ2v) is 3.52. The predicted molar refractivity (Wildman–Crippen MR) is 50.4 cm³/mol. The SMILES string of the molecule is C[C@H](OCc1cccc(F)c1)[C@@H]1CO1. The van der Waals surface area contributed by atoms with E-state index in [1.54, 1.807) is 6.07 Å². The minimum atomic E-state index is -0.221. The van der Waals surface area contributed by atoms with Crippen LogP contribution in [0.4, 0.5) is 4.39 Å². The van der Waals surface area contributed by atoms with Gasteiger partial charge < -0.3 is 9.47 Å². The molecule has 0 unspecified atom stereocenters. The summed E-state index contributed by atoms with van der Waals surface area (Å²) in [5, 5.41) is 0.